The van der Waals surface area contributed by atoms with Gasteiger partial charge in [0, 0.05) is 10.6 Å². The van der Waals surface area contributed by atoms with Crippen LogP contribution in [0, 0.1) is 0 Å². The molecule has 1 aliphatic rings. The van der Waals surface area contributed by atoms with Gasteiger partial charge >= 0.3 is 7.48 Å². The summed E-state index contributed by atoms with van der Waals surface area (Å²) in [5.41, 5.74) is 1.83. The van der Waals surface area contributed by atoms with Crippen LogP contribution in [-0.2, 0) is 4.65 Å². The fourth-order valence-corrected chi connectivity index (χ4v) is 3.39. The largest absolute Gasteiger partial charge is 0.427 e. The number of benzene rings is 2. The molecule has 3 rings (SSSR count). The quantitative estimate of drug-likeness (QED) is 0.814. The predicted molar refractivity (Wildman–Crippen MR) is 102 cm³/mol. The topological polar surface area (TPSA) is 41.5 Å². The third-order valence-corrected chi connectivity index (χ3v) is 5.86. The summed E-state index contributed by atoms with van der Waals surface area (Å²) in [6.45, 7) is 7.28. The SMILES string of the molecule is CC(C)(O)C(C)(C)O[B]c1ccc(C2Nc3ccccc3S2)cc1. The Morgan fingerprint density at radius 1 is 1.04 bits per heavy atom. The molecule has 2 aromatic rings. The molecular formula is C19H23BNO2S. The van der Waals surface area contributed by atoms with Crippen LogP contribution < -0.4 is 10.8 Å². The Morgan fingerprint density at radius 3 is 2.33 bits per heavy atom. The van der Waals surface area contributed by atoms with Gasteiger partial charge in [0.15, 0.2) is 0 Å². The maximum absolute atomic E-state index is 10.1. The van der Waals surface area contributed by atoms with E-state index in [9.17, 15) is 5.11 Å². The maximum Gasteiger partial charge on any atom is 0.330 e. The van der Waals surface area contributed by atoms with E-state index in [1.54, 1.807) is 21.3 Å². The lowest BCUT2D eigenvalue weighted by Gasteiger charge is -2.37. The minimum absolute atomic E-state index is 0.241. The van der Waals surface area contributed by atoms with E-state index in [2.05, 4.69) is 41.7 Å². The zero-order valence-corrected chi connectivity index (χ0v) is 15.4. The normalized spacial score (nSPS) is 17.3. The van der Waals surface area contributed by atoms with Crippen molar-refractivity contribution in [2.75, 3.05) is 5.32 Å². The summed E-state index contributed by atoms with van der Waals surface area (Å²) in [4.78, 5) is 1.29. The lowest BCUT2D eigenvalue weighted by molar-refractivity contribution is -0.0893. The van der Waals surface area contributed by atoms with Crippen LogP contribution in [0.3, 0.4) is 0 Å². The summed E-state index contributed by atoms with van der Waals surface area (Å²) in [6.07, 6.45) is 0. The number of fused-ring (bicyclic) bond motifs is 1. The Labute approximate surface area is 149 Å². The molecular weight excluding hydrogens is 317 g/mol. The van der Waals surface area contributed by atoms with Gasteiger partial charge in [0.05, 0.1) is 11.2 Å². The fourth-order valence-electron chi connectivity index (χ4n) is 2.25. The van der Waals surface area contributed by atoms with Crippen molar-refractivity contribution < 1.29 is 9.76 Å². The first-order chi connectivity index (χ1) is 11.3. The number of hydrogen-bond donors (Lipinski definition) is 2. The van der Waals surface area contributed by atoms with Crippen molar-refractivity contribution in [1.82, 2.24) is 0 Å². The van der Waals surface area contributed by atoms with E-state index in [4.69, 9.17) is 4.65 Å². The molecule has 2 N–H and O–H groups in total. The van der Waals surface area contributed by atoms with Crippen LogP contribution in [0.25, 0.3) is 0 Å². The smallest absolute Gasteiger partial charge is 0.330 e. The van der Waals surface area contributed by atoms with E-state index in [-0.39, 0.29) is 5.37 Å². The summed E-state index contributed by atoms with van der Waals surface area (Å²) in [7, 11) is 1.71. The highest BCUT2D eigenvalue weighted by molar-refractivity contribution is 8.00. The fraction of sp³-hybridized carbons (Fsp3) is 0.368. The first-order valence-electron chi connectivity index (χ1n) is 8.12. The first kappa shape index (κ1) is 17.4. The van der Waals surface area contributed by atoms with Crippen LogP contribution in [-0.4, -0.2) is 23.8 Å². The molecule has 3 nitrogen and oxygen atoms in total. The third kappa shape index (κ3) is 3.63. The maximum atomic E-state index is 10.1. The number of hydrogen-bond acceptors (Lipinski definition) is 4. The highest BCUT2D eigenvalue weighted by Gasteiger charge is 2.35. The Hall–Kier alpha value is -1.43. The second kappa shape index (κ2) is 6.47. The Morgan fingerprint density at radius 2 is 1.71 bits per heavy atom. The van der Waals surface area contributed by atoms with E-state index in [0.29, 0.717) is 0 Å². The number of thioether (sulfide) groups is 1. The Balaban J connectivity index is 1.63. The zero-order valence-electron chi connectivity index (χ0n) is 14.5. The van der Waals surface area contributed by atoms with E-state index >= 15 is 0 Å². The van der Waals surface area contributed by atoms with Crippen molar-refractivity contribution in [3.05, 3.63) is 54.1 Å². The summed E-state index contributed by atoms with van der Waals surface area (Å²) >= 11 is 1.83. The lowest BCUT2D eigenvalue weighted by Crippen LogP contribution is -2.49. The molecule has 1 atom stereocenters. The van der Waals surface area contributed by atoms with Gasteiger partial charge in [0.1, 0.15) is 5.37 Å². The number of nitrogens with one attached hydrogen (secondary N) is 1. The van der Waals surface area contributed by atoms with Crippen molar-refractivity contribution >= 4 is 30.4 Å². The van der Waals surface area contributed by atoms with Crippen LogP contribution in [0.5, 0.6) is 0 Å². The van der Waals surface area contributed by atoms with E-state index in [1.165, 1.54) is 16.1 Å². The molecule has 1 radical (unpaired) electrons. The minimum Gasteiger partial charge on any atom is -0.427 e. The van der Waals surface area contributed by atoms with Gasteiger partial charge in [0.25, 0.3) is 0 Å². The molecule has 2 aromatic carbocycles. The Kier molecular flexibility index (Phi) is 4.69. The molecule has 0 amide bonds. The highest BCUT2D eigenvalue weighted by atomic mass is 32.2. The highest BCUT2D eigenvalue weighted by Crippen LogP contribution is 2.45. The molecule has 0 bridgehead atoms. The van der Waals surface area contributed by atoms with Gasteiger partial charge in [-0.1, -0.05) is 53.6 Å². The zero-order chi connectivity index (χ0) is 17.4. The number of anilines is 1. The summed E-state index contributed by atoms with van der Waals surface area (Å²) in [5.74, 6) is 0. The average Bonchev–Trinajstić information content (AvgIpc) is 2.96. The van der Waals surface area contributed by atoms with Gasteiger partial charge in [-0.25, -0.2) is 0 Å². The first-order valence-corrected chi connectivity index (χ1v) is 9.00. The van der Waals surface area contributed by atoms with Crippen molar-refractivity contribution in [1.29, 1.82) is 0 Å². The third-order valence-electron chi connectivity index (χ3n) is 4.62. The molecule has 125 valence electrons. The van der Waals surface area contributed by atoms with E-state index < -0.39 is 11.2 Å². The van der Waals surface area contributed by atoms with Gasteiger partial charge in [-0.05, 0) is 45.4 Å². The van der Waals surface area contributed by atoms with Crippen LogP contribution in [0.1, 0.15) is 38.6 Å². The summed E-state index contributed by atoms with van der Waals surface area (Å²) in [6, 6.07) is 16.7. The summed E-state index contributed by atoms with van der Waals surface area (Å²) < 4.78 is 5.80. The molecule has 1 unspecified atom stereocenters. The lowest BCUT2D eigenvalue weighted by atomic mass is 9.82. The van der Waals surface area contributed by atoms with Gasteiger partial charge in [-0.3, -0.25) is 0 Å². The van der Waals surface area contributed by atoms with Gasteiger partial charge in [-0.2, -0.15) is 0 Å². The van der Waals surface area contributed by atoms with Crippen LogP contribution >= 0.6 is 11.8 Å². The molecule has 0 aliphatic carbocycles. The van der Waals surface area contributed by atoms with Crippen molar-refractivity contribution in [3.8, 4) is 0 Å². The molecule has 5 heteroatoms. The van der Waals surface area contributed by atoms with Crippen molar-refractivity contribution in [2.45, 2.75) is 49.2 Å². The van der Waals surface area contributed by atoms with E-state index in [0.717, 1.165) is 5.46 Å². The molecule has 0 saturated heterocycles. The second-order valence-corrected chi connectivity index (χ2v) is 8.26. The van der Waals surface area contributed by atoms with Gasteiger partial charge in [0.2, 0.25) is 0 Å². The van der Waals surface area contributed by atoms with Gasteiger partial charge < -0.3 is 15.1 Å². The Bertz CT molecular complexity index is 685. The molecule has 1 heterocycles. The molecule has 24 heavy (non-hydrogen) atoms. The second-order valence-electron chi connectivity index (χ2n) is 7.11. The molecule has 0 fully saturated rings. The van der Waals surface area contributed by atoms with Crippen molar-refractivity contribution in [3.63, 3.8) is 0 Å². The summed E-state index contributed by atoms with van der Waals surface area (Å²) in [5, 5.41) is 13.9. The molecule has 1 aliphatic heterocycles. The van der Waals surface area contributed by atoms with Crippen molar-refractivity contribution in [2.24, 2.45) is 0 Å². The van der Waals surface area contributed by atoms with Crippen LogP contribution in [0.2, 0.25) is 0 Å². The molecule has 0 aromatic heterocycles. The standard InChI is InChI=1S/C19H23BNO2S/c1-18(2,22)19(3,4)23-20-14-11-9-13(10-12-14)17-21-15-7-5-6-8-16(15)24-17/h5-12,17,21-22H,1-4H3. The predicted octanol–water partition coefficient (Wildman–Crippen LogP) is 3.71. The van der Waals surface area contributed by atoms with Crippen LogP contribution in [0.4, 0.5) is 5.69 Å². The van der Waals surface area contributed by atoms with Gasteiger partial charge in [-0.15, -0.1) is 0 Å². The number of para-hydroxylation sites is 1. The molecule has 0 saturated carbocycles. The van der Waals surface area contributed by atoms with E-state index in [1.807, 2.05) is 37.7 Å². The average molecular weight is 340 g/mol. The molecule has 0 spiro atoms. The monoisotopic (exact) mass is 340 g/mol. The minimum atomic E-state index is -0.917. The van der Waals surface area contributed by atoms with Crippen LogP contribution in [0.15, 0.2) is 53.4 Å². The number of rotatable bonds is 5. The number of aliphatic hydroxyl groups is 1.